The van der Waals surface area contributed by atoms with Crippen LogP contribution in [-0.4, -0.2) is 69.1 Å². The largest absolute Gasteiger partial charge is 0.376 e. The van der Waals surface area contributed by atoms with Gasteiger partial charge < -0.3 is 19.2 Å². The van der Waals surface area contributed by atoms with E-state index >= 15 is 0 Å². The summed E-state index contributed by atoms with van der Waals surface area (Å²) in [4.78, 5) is 3.57. The average Bonchev–Trinajstić information content (AvgIpc) is 3.10. The Morgan fingerprint density at radius 3 is 2.75 bits per heavy atom. The molecular formula is C20H26N2O5S. The second kappa shape index (κ2) is 7.11. The quantitative estimate of drug-likeness (QED) is 0.840. The summed E-state index contributed by atoms with van der Waals surface area (Å²) in [6, 6.07) is 8.33. The summed E-state index contributed by atoms with van der Waals surface area (Å²) in [7, 11) is -3.38. The zero-order chi connectivity index (χ0) is 19.2. The summed E-state index contributed by atoms with van der Waals surface area (Å²) in [5, 5.41) is 1.25. The fourth-order valence-corrected chi connectivity index (χ4v) is 6.37. The molecule has 1 N–H and O–H groups in total. The smallest absolute Gasteiger partial charge is 0.216 e. The lowest BCUT2D eigenvalue weighted by molar-refractivity contribution is -0.0923. The van der Waals surface area contributed by atoms with Gasteiger partial charge in [-0.3, -0.25) is 0 Å². The summed E-state index contributed by atoms with van der Waals surface area (Å²) in [5.41, 5.74) is 3.18. The minimum absolute atomic E-state index is 0.0154. The number of nitrogens with zero attached hydrogens (tertiary/aromatic N) is 1. The number of hydrogen-bond donors (Lipinski definition) is 1. The molecule has 152 valence electrons. The van der Waals surface area contributed by atoms with Crippen molar-refractivity contribution < 1.29 is 22.6 Å². The molecule has 5 rings (SSSR count). The lowest BCUT2D eigenvalue weighted by Crippen LogP contribution is -2.50. The summed E-state index contributed by atoms with van der Waals surface area (Å²) in [6.07, 6.45) is 1.84. The van der Waals surface area contributed by atoms with E-state index in [1.165, 1.54) is 10.9 Å². The van der Waals surface area contributed by atoms with Crippen LogP contribution < -0.4 is 0 Å². The standard InChI is InChI=1S/C20H26N2O5S/c23-28(24,14-15-13-25-11-12-26-15)22-8-6-20(7-9-22)19-17(5-10-27-20)16-3-1-2-4-18(16)21-19/h1-4,15,21H,5-14H2. The molecule has 3 aliphatic heterocycles. The van der Waals surface area contributed by atoms with Gasteiger partial charge in [0.1, 0.15) is 5.60 Å². The highest BCUT2D eigenvalue weighted by atomic mass is 32.2. The number of rotatable bonds is 3. The molecule has 4 heterocycles. The topological polar surface area (TPSA) is 80.9 Å². The van der Waals surface area contributed by atoms with Gasteiger partial charge in [0, 0.05) is 24.0 Å². The summed E-state index contributed by atoms with van der Waals surface area (Å²) in [6.45, 7) is 2.94. The highest BCUT2D eigenvalue weighted by Gasteiger charge is 2.45. The highest BCUT2D eigenvalue weighted by molar-refractivity contribution is 7.89. The second-order valence-electron chi connectivity index (χ2n) is 7.86. The average molecular weight is 407 g/mol. The van der Waals surface area contributed by atoms with Gasteiger partial charge in [-0.05, 0) is 30.9 Å². The summed E-state index contributed by atoms with van der Waals surface area (Å²) < 4.78 is 44.5. The van der Waals surface area contributed by atoms with E-state index in [2.05, 4.69) is 23.2 Å². The Kier molecular flexibility index (Phi) is 4.71. The van der Waals surface area contributed by atoms with Crippen LogP contribution in [0.15, 0.2) is 24.3 Å². The monoisotopic (exact) mass is 406 g/mol. The van der Waals surface area contributed by atoms with Crippen molar-refractivity contribution in [1.29, 1.82) is 0 Å². The Balaban J connectivity index is 1.35. The highest BCUT2D eigenvalue weighted by Crippen LogP contribution is 2.43. The molecule has 3 aliphatic rings. The van der Waals surface area contributed by atoms with Gasteiger partial charge in [0.05, 0.1) is 44.0 Å². The van der Waals surface area contributed by atoms with E-state index in [9.17, 15) is 8.42 Å². The molecule has 2 fully saturated rings. The molecule has 2 saturated heterocycles. The van der Waals surface area contributed by atoms with Crippen molar-refractivity contribution in [3.8, 4) is 0 Å². The van der Waals surface area contributed by atoms with Crippen LogP contribution in [-0.2, 0) is 36.3 Å². The Labute approximate surface area is 165 Å². The lowest BCUT2D eigenvalue weighted by atomic mass is 9.84. The molecule has 0 aliphatic carbocycles. The predicted octanol–water partition coefficient (Wildman–Crippen LogP) is 1.78. The van der Waals surface area contributed by atoms with Gasteiger partial charge in [0.15, 0.2) is 0 Å². The van der Waals surface area contributed by atoms with E-state index in [4.69, 9.17) is 14.2 Å². The third-order valence-corrected chi connectivity index (χ3v) is 8.15. The molecule has 1 spiro atoms. The molecule has 8 heteroatoms. The maximum Gasteiger partial charge on any atom is 0.216 e. The van der Waals surface area contributed by atoms with Crippen molar-refractivity contribution in [2.75, 3.05) is 45.3 Å². The normalized spacial score (nSPS) is 25.8. The Morgan fingerprint density at radius 2 is 1.96 bits per heavy atom. The maximum atomic E-state index is 12.9. The summed E-state index contributed by atoms with van der Waals surface area (Å²) in [5.74, 6) is -0.0154. The molecule has 0 bridgehead atoms. The van der Waals surface area contributed by atoms with Crippen LogP contribution in [0.2, 0.25) is 0 Å². The van der Waals surface area contributed by atoms with E-state index < -0.39 is 15.6 Å². The van der Waals surface area contributed by atoms with Crippen molar-refractivity contribution in [3.05, 3.63) is 35.5 Å². The summed E-state index contributed by atoms with van der Waals surface area (Å²) >= 11 is 0. The first kappa shape index (κ1) is 18.6. The number of H-pyrrole nitrogens is 1. The van der Waals surface area contributed by atoms with Gasteiger partial charge in [-0.1, -0.05) is 18.2 Å². The third-order valence-electron chi connectivity index (χ3n) is 6.20. The number of fused-ring (bicyclic) bond motifs is 4. The SMILES string of the molecule is O=S(=O)(CC1COCCO1)N1CCC2(CC1)OCCc1c2[nH]c2ccccc12. The van der Waals surface area contributed by atoms with E-state index in [1.54, 1.807) is 4.31 Å². The van der Waals surface area contributed by atoms with Crippen LogP contribution >= 0.6 is 0 Å². The van der Waals surface area contributed by atoms with Crippen molar-refractivity contribution in [1.82, 2.24) is 9.29 Å². The van der Waals surface area contributed by atoms with Gasteiger partial charge in [0.2, 0.25) is 10.0 Å². The number of sulfonamides is 1. The van der Waals surface area contributed by atoms with Gasteiger partial charge >= 0.3 is 0 Å². The first-order chi connectivity index (χ1) is 13.6. The molecule has 0 saturated carbocycles. The van der Waals surface area contributed by atoms with E-state index in [-0.39, 0.29) is 11.9 Å². The predicted molar refractivity (Wildman–Crippen MR) is 105 cm³/mol. The first-order valence-electron chi connectivity index (χ1n) is 9.99. The first-order valence-corrected chi connectivity index (χ1v) is 11.6. The van der Waals surface area contributed by atoms with E-state index in [0.29, 0.717) is 52.4 Å². The van der Waals surface area contributed by atoms with Crippen LogP contribution in [0.3, 0.4) is 0 Å². The van der Waals surface area contributed by atoms with Crippen LogP contribution in [0.25, 0.3) is 10.9 Å². The van der Waals surface area contributed by atoms with Gasteiger partial charge in [-0.2, -0.15) is 0 Å². The Bertz CT molecular complexity index is 956. The van der Waals surface area contributed by atoms with Crippen LogP contribution in [0, 0.1) is 0 Å². The zero-order valence-electron chi connectivity index (χ0n) is 15.9. The van der Waals surface area contributed by atoms with Crippen LogP contribution in [0.1, 0.15) is 24.1 Å². The molecule has 28 heavy (non-hydrogen) atoms. The van der Waals surface area contributed by atoms with E-state index in [0.717, 1.165) is 17.6 Å². The number of hydrogen-bond acceptors (Lipinski definition) is 5. The van der Waals surface area contributed by atoms with Gasteiger partial charge in [0.25, 0.3) is 0 Å². The Morgan fingerprint density at radius 1 is 1.14 bits per heavy atom. The molecular weight excluding hydrogens is 380 g/mol. The fraction of sp³-hybridized carbons (Fsp3) is 0.600. The third kappa shape index (κ3) is 3.17. The molecule has 1 aromatic carbocycles. The van der Waals surface area contributed by atoms with Crippen molar-refractivity contribution in [2.24, 2.45) is 0 Å². The van der Waals surface area contributed by atoms with Crippen molar-refractivity contribution >= 4 is 20.9 Å². The van der Waals surface area contributed by atoms with Crippen molar-refractivity contribution in [3.63, 3.8) is 0 Å². The van der Waals surface area contributed by atoms with E-state index in [1.807, 2.05) is 6.07 Å². The Hall–Kier alpha value is -1.45. The van der Waals surface area contributed by atoms with Gasteiger partial charge in [-0.15, -0.1) is 0 Å². The van der Waals surface area contributed by atoms with Crippen molar-refractivity contribution in [2.45, 2.75) is 31.0 Å². The minimum Gasteiger partial charge on any atom is -0.376 e. The van der Waals surface area contributed by atoms with Crippen LogP contribution in [0.4, 0.5) is 0 Å². The number of benzene rings is 1. The number of piperidine rings is 1. The maximum absolute atomic E-state index is 12.9. The molecule has 2 aromatic rings. The molecule has 1 atom stereocenters. The number of ether oxygens (including phenoxy) is 3. The number of nitrogens with one attached hydrogen (secondary N) is 1. The number of aromatic amines is 1. The molecule has 0 radical (unpaired) electrons. The fourth-order valence-electron chi connectivity index (χ4n) is 4.76. The molecule has 7 nitrogen and oxygen atoms in total. The molecule has 1 unspecified atom stereocenters. The number of para-hydroxylation sites is 1. The molecule has 0 amide bonds. The second-order valence-corrected chi connectivity index (χ2v) is 9.88. The minimum atomic E-state index is -3.38. The van der Waals surface area contributed by atoms with Gasteiger partial charge in [-0.25, -0.2) is 12.7 Å². The zero-order valence-corrected chi connectivity index (χ0v) is 16.7. The number of aromatic nitrogens is 1. The molecule has 1 aromatic heterocycles. The lowest BCUT2D eigenvalue weighted by Gasteiger charge is -2.43. The van der Waals surface area contributed by atoms with Crippen LogP contribution in [0.5, 0.6) is 0 Å².